The van der Waals surface area contributed by atoms with E-state index in [0.29, 0.717) is 6.42 Å². The van der Waals surface area contributed by atoms with Gasteiger partial charge in [-0.15, -0.1) is 0 Å². The SMILES string of the molecule is COC(=O)[C@H]1Cc2ccccc2[C@H]1CF. The molecular weight excluding hydrogens is 195 g/mol. The fourth-order valence-corrected chi connectivity index (χ4v) is 2.27. The maximum Gasteiger partial charge on any atom is 0.309 e. The van der Waals surface area contributed by atoms with Crippen LogP contribution in [-0.2, 0) is 16.0 Å². The van der Waals surface area contributed by atoms with Gasteiger partial charge >= 0.3 is 5.97 Å². The first-order valence-corrected chi connectivity index (χ1v) is 4.99. The van der Waals surface area contributed by atoms with E-state index in [-0.39, 0.29) is 17.8 Å². The molecule has 2 nitrogen and oxygen atoms in total. The highest BCUT2D eigenvalue weighted by molar-refractivity contribution is 5.75. The fourth-order valence-electron chi connectivity index (χ4n) is 2.27. The topological polar surface area (TPSA) is 26.3 Å². The van der Waals surface area contributed by atoms with Crippen LogP contribution in [0.25, 0.3) is 0 Å². The number of methoxy groups -OCH3 is 1. The van der Waals surface area contributed by atoms with Crippen LogP contribution in [0.5, 0.6) is 0 Å². The molecule has 2 rings (SSSR count). The van der Waals surface area contributed by atoms with E-state index in [1.807, 2.05) is 24.3 Å². The van der Waals surface area contributed by atoms with Crippen LogP contribution in [0.3, 0.4) is 0 Å². The fraction of sp³-hybridized carbons (Fsp3) is 0.417. The van der Waals surface area contributed by atoms with Crippen LogP contribution < -0.4 is 0 Å². The molecule has 0 unspecified atom stereocenters. The Balaban J connectivity index is 2.32. The second kappa shape index (κ2) is 4.01. The Kier molecular flexibility index (Phi) is 2.71. The lowest BCUT2D eigenvalue weighted by molar-refractivity contribution is -0.146. The quantitative estimate of drug-likeness (QED) is 0.695. The predicted octanol–water partition coefficient (Wildman–Crippen LogP) is 2.08. The molecule has 2 atom stereocenters. The molecule has 1 aromatic carbocycles. The van der Waals surface area contributed by atoms with Gasteiger partial charge in [0.25, 0.3) is 0 Å². The molecule has 0 bridgehead atoms. The van der Waals surface area contributed by atoms with Crippen LogP contribution in [0.4, 0.5) is 4.39 Å². The molecule has 0 spiro atoms. The van der Waals surface area contributed by atoms with E-state index < -0.39 is 6.67 Å². The lowest BCUT2D eigenvalue weighted by Crippen LogP contribution is -2.21. The molecule has 0 amide bonds. The summed E-state index contributed by atoms with van der Waals surface area (Å²) >= 11 is 0. The Labute approximate surface area is 88.1 Å². The number of hydrogen-bond acceptors (Lipinski definition) is 2. The predicted molar refractivity (Wildman–Crippen MR) is 54.4 cm³/mol. The summed E-state index contributed by atoms with van der Waals surface area (Å²) in [5, 5.41) is 0. The van der Waals surface area contributed by atoms with Gasteiger partial charge in [0.1, 0.15) is 0 Å². The van der Waals surface area contributed by atoms with E-state index in [4.69, 9.17) is 4.74 Å². The van der Waals surface area contributed by atoms with Crippen LogP contribution in [-0.4, -0.2) is 19.8 Å². The summed E-state index contributed by atoms with van der Waals surface area (Å²) in [6, 6.07) is 7.62. The number of rotatable bonds is 2. The monoisotopic (exact) mass is 208 g/mol. The zero-order valence-corrected chi connectivity index (χ0v) is 8.57. The molecule has 0 aliphatic heterocycles. The normalized spacial score (nSPS) is 23.6. The molecule has 15 heavy (non-hydrogen) atoms. The maximum atomic E-state index is 12.9. The Hall–Kier alpha value is -1.38. The average molecular weight is 208 g/mol. The zero-order valence-electron chi connectivity index (χ0n) is 8.57. The van der Waals surface area contributed by atoms with E-state index >= 15 is 0 Å². The molecule has 1 aliphatic carbocycles. The molecule has 1 aliphatic rings. The van der Waals surface area contributed by atoms with Crippen LogP contribution in [0.15, 0.2) is 24.3 Å². The number of hydrogen-bond donors (Lipinski definition) is 0. The third-order valence-electron chi connectivity index (χ3n) is 3.05. The number of ether oxygens (including phenoxy) is 1. The van der Waals surface area contributed by atoms with E-state index in [9.17, 15) is 9.18 Å². The molecule has 0 saturated carbocycles. The van der Waals surface area contributed by atoms with E-state index in [1.165, 1.54) is 7.11 Å². The summed E-state index contributed by atoms with van der Waals surface area (Å²) in [5.41, 5.74) is 2.02. The molecule has 0 aromatic heterocycles. The molecule has 0 N–H and O–H groups in total. The van der Waals surface area contributed by atoms with Gasteiger partial charge < -0.3 is 4.74 Å². The molecule has 0 fully saturated rings. The van der Waals surface area contributed by atoms with Gasteiger partial charge in [-0.2, -0.15) is 0 Å². The number of esters is 1. The van der Waals surface area contributed by atoms with Crippen molar-refractivity contribution in [1.29, 1.82) is 0 Å². The second-order valence-electron chi connectivity index (χ2n) is 3.79. The summed E-state index contributed by atoms with van der Waals surface area (Å²) < 4.78 is 17.6. The first kappa shape index (κ1) is 10.1. The summed E-state index contributed by atoms with van der Waals surface area (Å²) in [7, 11) is 1.35. The summed E-state index contributed by atoms with van der Waals surface area (Å²) in [5.74, 6) is -0.986. The first-order valence-electron chi connectivity index (χ1n) is 4.99. The Morgan fingerprint density at radius 3 is 2.93 bits per heavy atom. The largest absolute Gasteiger partial charge is 0.469 e. The van der Waals surface area contributed by atoms with Crippen LogP contribution in [0.1, 0.15) is 17.0 Å². The number of alkyl halides is 1. The summed E-state index contributed by atoms with van der Waals surface area (Å²) in [4.78, 5) is 11.5. The molecule has 1 aromatic rings. The van der Waals surface area contributed by atoms with Gasteiger partial charge in [-0.3, -0.25) is 9.18 Å². The minimum atomic E-state index is -0.503. The average Bonchev–Trinajstić information content (AvgIpc) is 2.66. The Morgan fingerprint density at radius 1 is 1.53 bits per heavy atom. The van der Waals surface area contributed by atoms with Gasteiger partial charge in [0.2, 0.25) is 0 Å². The van der Waals surface area contributed by atoms with Gasteiger partial charge in [-0.1, -0.05) is 24.3 Å². The van der Waals surface area contributed by atoms with Crippen LogP contribution >= 0.6 is 0 Å². The van der Waals surface area contributed by atoms with Gasteiger partial charge in [-0.25, -0.2) is 0 Å². The van der Waals surface area contributed by atoms with Crippen molar-refractivity contribution in [2.24, 2.45) is 5.92 Å². The number of benzene rings is 1. The van der Waals surface area contributed by atoms with Crippen molar-refractivity contribution in [2.75, 3.05) is 13.8 Å². The zero-order chi connectivity index (χ0) is 10.8. The van der Waals surface area contributed by atoms with Gasteiger partial charge in [-0.05, 0) is 17.5 Å². The highest BCUT2D eigenvalue weighted by atomic mass is 19.1. The molecule has 0 saturated heterocycles. The number of carbonyl (C=O) groups excluding carboxylic acids is 1. The van der Waals surface area contributed by atoms with Crippen LogP contribution in [0.2, 0.25) is 0 Å². The van der Waals surface area contributed by atoms with Crippen molar-refractivity contribution in [1.82, 2.24) is 0 Å². The van der Waals surface area contributed by atoms with Gasteiger partial charge in [0, 0.05) is 5.92 Å². The van der Waals surface area contributed by atoms with Gasteiger partial charge in [0.05, 0.1) is 19.7 Å². The van der Waals surface area contributed by atoms with Crippen molar-refractivity contribution in [3.8, 4) is 0 Å². The van der Waals surface area contributed by atoms with E-state index in [1.54, 1.807) is 0 Å². The molecule has 0 radical (unpaired) electrons. The molecule has 80 valence electrons. The third kappa shape index (κ3) is 1.62. The van der Waals surface area contributed by atoms with E-state index in [0.717, 1.165) is 11.1 Å². The van der Waals surface area contributed by atoms with Crippen molar-refractivity contribution < 1.29 is 13.9 Å². The number of halogens is 1. The third-order valence-corrected chi connectivity index (χ3v) is 3.05. The standard InChI is InChI=1S/C12H13FO2/c1-15-12(14)10-6-8-4-2-3-5-9(8)11(10)7-13/h2-5,10-11H,6-7H2,1H3/t10-,11+/m0/s1. The van der Waals surface area contributed by atoms with Crippen molar-refractivity contribution >= 4 is 5.97 Å². The molecular formula is C12H13FO2. The van der Waals surface area contributed by atoms with Crippen molar-refractivity contribution in [3.05, 3.63) is 35.4 Å². The van der Waals surface area contributed by atoms with Crippen molar-refractivity contribution in [2.45, 2.75) is 12.3 Å². The summed E-state index contributed by atoms with van der Waals surface area (Å²) in [6.07, 6.45) is 0.595. The lowest BCUT2D eigenvalue weighted by Gasteiger charge is -2.14. The lowest BCUT2D eigenvalue weighted by atomic mass is 9.94. The Bertz CT molecular complexity index is 376. The highest BCUT2D eigenvalue weighted by Gasteiger charge is 2.37. The second-order valence-corrected chi connectivity index (χ2v) is 3.79. The van der Waals surface area contributed by atoms with Crippen LogP contribution in [0, 0.1) is 5.92 Å². The summed E-state index contributed by atoms with van der Waals surface area (Å²) in [6.45, 7) is -0.503. The number of fused-ring (bicyclic) bond motifs is 1. The first-order chi connectivity index (χ1) is 7.27. The highest BCUT2D eigenvalue weighted by Crippen LogP contribution is 2.38. The number of carbonyl (C=O) groups is 1. The van der Waals surface area contributed by atoms with Gasteiger partial charge in [0.15, 0.2) is 0 Å². The minimum absolute atomic E-state index is 0.311. The van der Waals surface area contributed by atoms with Crippen molar-refractivity contribution in [3.63, 3.8) is 0 Å². The maximum absolute atomic E-state index is 12.9. The van der Waals surface area contributed by atoms with E-state index in [2.05, 4.69) is 0 Å². The Morgan fingerprint density at radius 2 is 2.27 bits per heavy atom. The minimum Gasteiger partial charge on any atom is -0.469 e. The smallest absolute Gasteiger partial charge is 0.309 e. The molecule has 3 heteroatoms. The molecule has 0 heterocycles.